The van der Waals surface area contributed by atoms with E-state index in [1.165, 1.54) is 12.1 Å². The Labute approximate surface area is 190 Å². The molecule has 1 aliphatic heterocycles. The highest BCUT2D eigenvalue weighted by atomic mass is 19.1. The van der Waals surface area contributed by atoms with Crippen LogP contribution in [0.1, 0.15) is 28.6 Å². The molecule has 4 aromatic rings. The molecule has 0 spiro atoms. The smallest absolute Gasteiger partial charge is 0.253 e. The minimum atomic E-state index is -0.400. The Bertz CT molecular complexity index is 1320. The van der Waals surface area contributed by atoms with Crippen LogP contribution in [0.3, 0.4) is 0 Å². The van der Waals surface area contributed by atoms with E-state index < -0.39 is 6.04 Å². The van der Waals surface area contributed by atoms with Crippen molar-refractivity contribution in [3.8, 4) is 0 Å². The molecule has 1 saturated heterocycles. The number of likely N-dealkylation sites (N-methyl/N-ethyl adjacent to an activating group) is 1. The van der Waals surface area contributed by atoms with Crippen molar-refractivity contribution in [3.05, 3.63) is 87.2 Å². The van der Waals surface area contributed by atoms with Crippen LogP contribution in [0, 0.1) is 12.7 Å². The third kappa shape index (κ3) is 4.42. The van der Waals surface area contributed by atoms with Gasteiger partial charge in [0.25, 0.3) is 5.56 Å². The van der Waals surface area contributed by atoms with Crippen LogP contribution >= 0.6 is 0 Å². The van der Waals surface area contributed by atoms with Gasteiger partial charge in [0.15, 0.2) is 5.82 Å². The standard InChI is InChI=1S/C24H26FN7O/c1-16-3-8-21-18(13-16)14-20(24(33)26-21)22(31-11-9-30(2)10-12-31)23-27-28-29-32(23)15-17-4-6-19(25)7-5-17/h3-8,13-14,22H,9-12,15H2,1-2H3,(H,26,33)/t22-/m1/s1. The Morgan fingerprint density at radius 1 is 1.06 bits per heavy atom. The summed E-state index contributed by atoms with van der Waals surface area (Å²) in [4.78, 5) is 20.8. The third-order valence-corrected chi connectivity index (χ3v) is 6.28. The van der Waals surface area contributed by atoms with E-state index in [2.05, 4.69) is 43.4 Å². The molecule has 2 aromatic carbocycles. The van der Waals surface area contributed by atoms with Gasteiger partial charge in [0.2, 0.25) is 0 Å². The number of aromatic nitrogens is 5. The molecule has 0 radical (unpaired) electrons. The molecule has 9 heteroatoms. The summed E-state index contributed by atoms with van der Waals surface area (Å²) < 4.78 is 15.1. The normalized spacial score (nSPS) is 16.3. The van der Waals surface area contributed by atoms with Crippen molar-refractivity contribution in [2.75, 3.05) is 33.2 Å². The minimum absolute atomic E-state index is 0.147. The van der Waals surface area contributed by atoms with Gasteiger partial charge in [-0.1, -0.05) is 23.8 Å². The summed E-state index contributed by atoms with van der Waals surface area (Å²) in [7, 11) is 2.09. The molecule has 0 aliphatic carbocycles. The number of rotatable bonds is 5. The van der Waals surface area contributed by atoms with Crippen LogP contribution in [-0.4, -0.2) is 68.2 Å². The molecule has 1 atom stereocenters. The second kappa shape index (κ2) is 8.84. The number of nitrogens with one attached hydrogen (secondary N) is 1. The zero-order valence-electron chi connectivity index (χ0n) is 18.7. The molecule has 1 aliphatic rings. The van der Waals surface area contributed by atoms with E-state index >= 15 is 0 Å². The van der Waals surface area contributed by atoms with Crippen LogP contribution in [0.15, 0.2) is 53.3 Å². The topological polar surface area (TPSA) is 82.9 Å². The molecule has 0 amide bonds. The highest BCUT2D eigenvalue weighted by molar-refractivity contribution is 5.79. The van der Waals surface area contributed by atoms with Crippen molar-refractivity contribution in [1.82, 2.24) is 35.0 Å². The van der Waals surface area contributed by atoms with Crippen molar-refractivity contribution in [2.24, 2.45) is 0 Å². The van der Waals surface area contributed by atoms with Crippen molar-refractivity contribution in [1.29, 1.82) is 0 Å². The molecule has 170 valence electrons. The Morgan fingerprint density at radius 3 is 2.58 bits per heavy atom. The van der Waals surface area contributed by atoms with Crippen molar-refractivity contribution in [2.45, 2.75) is 19.5 Å². The second-order valence-electron chi connectivity index (χ2n) is 8.71. The van der Waals surface area contributed by atoms with Gasteiger partial charge in [0.05, 0.1) is 6.54 Å². The Morgan fingerprint density at radius 2 is 1.82 bits per heavy atom. The number of piperazine rings is 1. The molecule has 0 bridgehead atoms. The van der Waals surface area contributed by atoms with E-state index in [0.717, 1.165) is 48.2 Å². The van der Waals surface area contributed by atoms with Crippen LogP contribution in [0.5, 0.6) is 0 Å². The maximum absolute atomic E-state index is 13.4. The van der Waals surface area contributed by atoms with Gasteiger partial charge in [-0.3, -0.25) is 9.69 Å². The molecular weight excluding hydrogens is 421 g/mol. The fourth-order valence-electron chi connectivity index (χ4n) is 4.41. The van der Waals surface area contributed by atoms with Crippen molar-refractivity contribution in [3.63, 3.8) is 0 Å². The van der Waals surface area contributed by atoms with Gasteiger partial charge >= 0.3 is 0 Å². The summed E-state index contributed by atoms with van der Waals surface area (Å²) in [6.45, 7) is 5.77. The maximum atomic E-state index is 13.4. The fourth-order valence-corrected chi connectivity index (χ4v) is 4.41. The minimum Gasteiger partial charge on any atom is -0.322 e. The van der Waals surface area contributed by atoms with Gasteiger partial charge in [-0.2, -0.15) is 0 Å². The number of aromatic amines is 1. The third-order valence-electron chi connectivity index (χ3n) is 6.28. The Balaban J connectivity index is 1.60. The van der Waals surface area contributed by atoms with Gasteiger partial charge in [0.1, 0.15) is 11.9 Å². The van der Waals surface area contributed by atoms with E-state index in [1.807, 2.05) is 25.1 Å². The number of aryl methyl sites for hydroxylation is 1. The first-order valence-electron chi connectivity index (χ1n) is 11.0. The lowest BCUT2D eigenvalue weighted by atomic mass is 10.0. The predicted molar refractivity (Wildman–Crippen MR) is 124 cm³/mol. The SMILES string of the molecule is Cc1ccc2[nH]c(=O)c([C@H](c3nnnn3Cc3ccc(F)cc3)N3CCN(C)CC3)cc2c1. The molecule has 5 rings (SSSR count). The second-order valence-corrected chi connectivity index (χ2v) is 8.71. The van der Waals surface area contributed by atoms with Crippen LogP contribution in [0.25, 0.3) is 10.9 Å². The lowest BCUT2D eigenvalue weighted by Crippen LogP contribution is -2.47. The number of hydrogen-bond donors (Lipinski definition) is 1. The summed E-state index contributed by atoms with van der Waals surface area (Å²) >= 11 is 0. The number of pyridine rings is 1. The zero-order valence-corrected chi connectivity index (χ0v) is 18.7. The number of tetrazole rings is 1. The first-order chi connectivity index (χ1) is 16.0. The quantitative estimate of drug-likeness (QED) is 0.506. The van der Waals surface area contributed by atoms with Crippen LogP contribution < -0.4 is 5.56 Å². The Kier molecular flexibility index (Phi) is 5.74. The highest BCUT2D eigenvalue weighted by Crippen LogP contribution is 2.28. The summed E-state index contributed by atoms with van der Waals surface area (Å²) in [5.74, 6) is 0.311. The van der Waals surface area contributed by atoms with Crippen molar-refractivity contribution < 1.29 is 4.39 Å². The molecule has 33 heavy (non-hydrogen) atoms. The first-order valence-corrected chi connectivity index (χ1v) is 11.0. The molecule has 3 heterocycles. The molecular formula is C24H26FN7O. The number of hydrogen-bond acceptors (Lipinski definition) is 6. The van der Waals surface area contributed by atoms with Crippen LogP contribution in [0.4, 0.5) is 4.39 Å². The van der Waals surface area contributed by atoms with Crippen LogP contribution in [0.2, 0.25) is 0 Å². The summed E-state index contributed by atoms with van der Waals surface area (Å²) in [6.07, 6.45) is 0. The molecule has 8 nitrogen and oxygen atoms in total. The van der Waals surface area contributed by atoms with Gasteiger partial charge < -0.3 is 9.88 Å². The zero-order chi connectivity index (χ0) is 22.9. The van der Waals surface area contributed by atoms with Crippen molar-refractivity contribution >= 4 is 10.9 Å². The van der Waals surface area contributed by atoms with Gasteiger partial charge in [-0.15, -0.1) is 5.10 Å². The van der Waals surface area contributed by atoms with E-state index in [-0.39, 0.29) is 11.4 Å². The number of benzene rings is 2. The molecule has 0 unspecified atom stereocenters. The molecule has 2 aromatic heterocycles. The number of fused-ring (bicyclic) bond motifs is 1. The fraction of sp³-hybridized carbons (Fsp3) is 0.333. The van der Waals surface area contributed by atoms with E-state index in [0.29, 0.717) is 17.9 Å². The summed E-state index contributed by atoms with van der Waals surface area (Å²) in [6, 6.07) is 13.8. The predicted octanol–water partition coefficient (Wildman–Crippen LogP) is 2.35. The molecule has 1 N–H and O–H groups in total. The lowest BCUT2D eigenvalue weighted by molar-refractivity contribution is 0.121. The van der Waals surface area contributed by atoms with E-state index in [4.69, 9.17) is 0 Å². The van der Waals surface area contributed by atoms with Gasteiger partial charge in [0, 0.05) is 37.3 Å². The van der Waals surface area contributed by atoms with Gasteiger partial charge in [-0.25, -0.2) is 9.07 Å². The summed E-state index contributed by atoms with van der Waals surface area (Å²) in [5, 5.41) is 13.5. The largest absolute Gasteiger partial charge is 0.322 e. The average Bonchev–Trinajstić information content (AvgIpc) is 3.25. The molecule has 0 saturated carbocycles. The number of H-pyrrole nitrogens is 1. The Hall–Kier alpha value is -3.43. The van der Waals surface area contributed by atoms with Crippen LogP contribution in [-0.2, 0) is 6.54 Å². The average molecular weight is 448 g/mol. The van der Waals surface area contributed by atoms with E-state index in [9.17, 15) is 9.18 Å². The monoisotopic (exact) mass is 447 g/mol. The first kappa shape index (κ1) is 21.4. The van der Waals surface area contributed by atoms with E-state index in [1.54, 1.807) is 16.8 Å². The lowest BCUT2D eigenvalue weighted by Gasteiger charge is -2.37. The highest BCUT2D eigenvalue weighted by Gasteiger charge is 2.32. The number of halogens is 1. The molecule has 1 fully saturated rings. The number of nitrogens with zero attached hydrogens (tertiary/aromatic N) is 6. The maximum Gasteiger partial charge on any atom is 0.253 e. The summed E-state index contributed by atoms with van der Waals surface area (Å²) in [5.41, 5.74) is 3.28. The van der Waals surface area contributed by atoms with Gasteiger partial charge in [-0.05, 0) is 65.7 Å².